The van der Waals surface area contributed by atoms with Crippen molar-refractivity contribution < 1.29 is 19.1 Å². The summed E-state index contributed by atoms with van der Waals surface area (Å²) in [6.45, 7) is 7.41. The van der Waals surface area contributed by atoms with E-state index in [1.807, 2.05) is 48.5 Å². The van der Waals surface area contributed by atoms with E-state index in [2.05, 4.69) is 20.4 Å². The lowest BCUT2D eigenvalue weighted by Crippen LogP contribution is -2.47. The second-order valence-electron chi connectivity index (χ2n) is 9.19. The highest BCUT2D eigenvalue weighted by molar-refractivity contribution is 5.92. The summed E-state index contributed by atoms with van der Waals surface area (Å²) in [5, 5.41) is 5.92. The predicted octanol–water partition coefficient (Wildman–Crippen LogP) is 3.06. The molecule has 8 heteroatoms. The van der Waals surface area contributed by atoms with Gasteiger partial charge in [-0.1, -0.05) is 24.3 Å². The molecule has 0 unspecified atom stereocenters. The number of piperazine rings is 1. The number of benzene rings is 2. The van der Waals surface area contributed by atoms with Crippen molar-refractivity contribution in [3.63, 3.8) is 0 Å². The first-order valence-corrected chi connectivity index (χ1v) is 13.2. The molecule has 2 N–H and O–H groups in total. The Kier molecular flexibility index (Phi) is 12.4. The zero-order chi connectivity index (χ0) is 27.0. The van der Waals surface area contributed by atoms with Crippen molar-refractivity contribution in [2.24, 2.45) is 0 Å². The molecule has 2 amide bonds. The highest BCUT2D eigenvalue weighted by Gasteiger charge is 2.15. The summed E-state index contributed by atoms with van der Waals surface area (Å²) >= 11 is 0. The quantitative estimate of drug-likeness (QED) is 0.294. The first-order valence-electron chi connectivity index (χ1n) is 13.2. The topological polar surface area (TPSA) is 83.1 Å². The van der Waals surface area contributed by atoms with Crippen LogP contribution in [0.25, 0.3) is 12.2 Å². The second kappa shape index (κ2) is 16.3. The number of nitrogens with one attached hydrogen (secondary N) is 2. The van der Waals surface area contributed by atoms with E-state index < -0.39 is 0 Å². The Morgan fingerprint density at radius 1 is 0.684 bits per heavy atom. The number of hydrogen-bond donors (Lipinski definition) is 2. The van der Waals surface area contributed by atoms with Crippen molar-refractivity contribution in [1.82, 2.24) is 20.4 Å². The Balaban J connectivity index is 1.20. The standard InChI is InChI=1S/C30H40N4O4/c1-37-27-11-5-25(6-12-27)9-15-29(35)31-17-3-19-33-21-23-34(24-22-33)20-4-18-32-30(36)16-10-26-7-13-28(38-2)14-8-26/h5-16H,3-4,17-24H2,1-2H3,(H,31,35)(H,32,36). The maximum Gasteiger partial charge on any atom is 0.243 e. The summed E-state index contributed by atoms with van der Waals surface area (Å²) in [4.78, 5) is 29.0. The van der Waals surface area contributed by atoms with Crippen LogP contribution in [-0.2, 0) is 9.59 Å². The van der Waals surface area contributed by atoms with Crippen molar-refractivity contribution in [3.05, 3.63) is 71.8 Å². The minimum Gasteiger partial charge on any atom is -0.497 e. The van der Waals surface area contributed by atoms with Gasteiger partial charge in [-0.15, -0.1) is 0 Å². The normalized spacial score (nSPS) is 14.6. The van der Waals surface area contributed by atoms with Crippen LogP contribution in [0.2, 0.25) is 0 Å². The highest BCUT2D eigenvalue weighted by atomic mass is 16.5. The van der Waals surface area contributed by atoms with Gasteiger partial charge in [0.2, 0.25) is 11.8 Å². The van der Waals surface area contributed by atoms with Gasteiger partial charge in [0, 0.05) is 51.4 Å². The lowest BCUT2D eigenvalue weighted by atomic mass is 10.2. The van der Waals surface area contributed by atoms with Gasteiger partial charge >= 0.3 is 0 Å². The van der Waals surface area contributed by atoms with Crippen LogP contribution in [0.5, 0.6) is 11.5 Å². The molecule has 204 valence electrons. The Bertz CT molecular complexity index is 957. The molecule has 1 fully saturated rings. The van der Waals surface area contributed by atoms with E-state index in [-0.39, 0.29) is 11.8 Å². The van der Waals surface area contributed by atoms with Gasteiger partial charge < -0.3 is 29.9 Å². The molecule has 0 bridgehead atoms. The van der Waals surface area contributed by atoms with E-state index in [9.17, 15) is 9.59 Å². The summed E-state index contributed by atoms with van der Waals surface area (Å²) in [7, 11) is 3.27. The molecule has 0 aromatic heterocycles. The maximum absolute atomic E-state index is 12.0. The summed E-state index contributed by atoms with van der Waals surface area (Å²) in [6.07, 6.45) is 8.61. The van der Waals surface area contributed by atoms with Crippen molar-refractivity contribution in [1.29, 1.82) is 0 Å². The summed E-state index contributed by atoms with van der Waals surface area (Å²) < 4.78 is 10.3. The fourth-order valence-electron chi connectivity index (χ4n) is 4.16. The lowest BCUT2D eigenvalue weighted by molar-refractivity contribution is -0.117. The van der Waals surface area contributed by atoms with Crippen LogP contribution in [0.1, 0.15) is 24.0 Å². The molecule has 0 aliphatic carbocycles. The van der Waals surface area contributed by atoms with E-state index in [4.69, 9.17) is 9.47 Å². The fourth-order valence-corrected chi connectivity index (χ4v) is 4.16. The van der Waals surface area contributed by atoms with Crippen molar-refractivity contribution >= 4 is 24.0 Å². The van der Waals surface area contributed by atoms with E-state index in [0.29, 0.717) is 13.1 Å². The largest absolute Gasteiger partial charge is 0.497 e. The molecule has 1 aliphatic rings. The van der Waals surface area contributed by atoms with Crippen molar-refractivity contribution in [3.8, 4) is 11.5 Å². The smallest absolute Gasteiger partial charge is 0.243 e. The van der Waals surface area contributed by atoms with Crippen molar-refractivity contribution in [2.75, 3.05) is 66.6 Å². The number of ether oxygens (including phenoxy) is 2. The van der Waals surface area contributed by atoms with Crippen LogP contribution < -0.4 is 20.1 Å². The molecule has 1 saturated heterocycles. The minimum atomic E-state index is -0.0750. The molecule has 2 aromatic rings. The van der Waals surface area contributed by atoms with Gasteiger partial charge in [0.15, 0.2) is 0 Å². The monoisotopic (exact) mass is 520 g/mol. The molecule has 3 rings (SSSR count). The molecule has 0 atom stereocenters. The van der Waals surface area contributed by atoms with Crippen LogP contribution >= 0.6 is 0 Å². The number of carbonyl (C=O) groups excluding carboxylic acids is 2. The van der Waals surface area contributed by atoms with Crippen LogP contribution in [0.3, 0.4) is 0 Å². The number of amides is 2. The third kappa shape index (κ3) is 10.8. The van der Waals surface area contributed by atoms with Gasteiger partial charge in [-0.2, -0.15) is 0 Å². The Labute approximate surface area is 226 Å². The number of rotatable bonds is 14. The second-order valence-corrected chi connectivity index (χ2v) is 9.19. The summed E-state index contributed by atoms with van der Waals surface area (Å²) in [5.41, 5.74) is 1.92. The number of nitrogens with zero attached hydrogens (tertiary/aromatic N) is 2. The van der Waals surface area contributed by atoms with Crippen molar-refractivity contribution in [2.45, 2.75) is 12.8 Å². The van der Waals surface area contributed by atoms with E-state index in [1.165, 1.54) is 0 Å². The molecule has 1 heterocycles. The molecular weight excluding hydrogens is 480 g/mol. The van der Waals surface area contributed by atoms with Gasteiger partial charge in [0.1, 0.15) is 11.5 Å². The van der Waals surface area contributed by atoms with Gasteiger partial charge in [-0.25, -0.2) is 0 Å². The van der Waals surface area contributed by atoms with Crippen LogP contribution in [-0.4, -0.2) is 88.2 Å². The molecule has 38 heavy (non-hydrogen) atoms. The minimum absolute atomic E-state index is 0.0750. The van der Waals surface area contributed by atoms with Crippen LogP contribution in [0.15, 0.2) is 60.7 Å². The summed E-state index contributed by atoms with van der Waals surface area (Å²) in [6, 6.07) is 15.2. The molecule has 0 saturated carbocycles. The van der Waals surface area contributed by atoms with Crippen LogP contribution in [0, 0.1) is 0 Å². The van der Waals surface area contributed by atoms with Gasteiger partial charge in [-0.3, -0.25) is 9.59 Å². The van der Waals surface area contributed by atoms with Gasteiger partial charge in [-0.05, 0) is 73.5 Å². The first-order chi connectivity index (χ1) is 18.6. The lowest BCUT2D eigenvalue weighted by Gasteiger charge is -2.34. The fraction of sp³-hybridized carbons (Fsp3) is 0.400. The van der Waals surface area contributed by atoms with Gasteiger partial charge in [0.05, 0.1) is 14.2 Å². The van der Waals surface area contributed by atoms with E-state index >= 15 is 0 Å². The molecule has 1 aliphatic heterocycles. The molecule has 2 aromatic carbocycles. The summed E-state index contributed by atoms with van der Waals surface area (Å²) in [5.74, 6) is 1.44. The average Bonchev–Trinajstić information content (AvgIpc) is 2.96. The Morgan fingerprint density at radius 3 is 1.39 bits per heavy atom. The SMILES string of the molecule is COc1ccc(C=CC(=O)NCCCN2CCN(CCCNC(=O)C=Cc3ccc(OC)cc3)CC2)cc1. The number of hydrogen-bond acceptors (Lipinski definition) is 6. The Morgan fingerprint density at radius 2 is 1.05 bits per heavy atom. The molecular formula is C30H40N4O4. The van der Waals surface area contributed by atoms with E-state index in [1.54, 1.807) is 38.5 Å². The zero-order valence-corrected chi connectivity index (χ0v) is 22.5. The third-order valence-electron chi connectivity index (χ3n) is 6.45. The number of methoxy groups -OCH3 is 2. The third-order valence-corrected chi connectivity index (χ3v) is 6.45. The van der Waals surface area contributed by atoms with Gasteiger partial charge in [0.25, 0.3) is 0 Å². The molecule has 0 radical (unpaired) electrons. The molecule has 8 nitrogen and oxygen atoms in total. The maximum atomic E-state index is 12.0. The first kappa shape index (κ1) is 28.9. The Hall–Kier alpha value is -3.62. The van der Waals surface area contributed by atoms with E-state index in [0.717, 1.165) is 74.7 Å². The predicted molar refractivity (Wildman–Crippen MR) is 152 cm³/mol. The highest BCUT2D eigenvalue weighted by Crippen LogP contribution is 2.13. The molecule has 0 spiro atoms. The average molecular weight is 521 g/mol. The zero-order valence-electron chi connectivity index (χ0n) is 22.5. The number of carbonyl (C=O) groups is 2. The van der Waals surface area contributed by atoms with Crippen LogP contribution in [0.4, 0.5) is 0 Å².